The standard InChI is InChI=1S/C22H25NO4/c1-2-27-21(26)6-4-3-5-15-22(16-23,17-7-11-19(24)12-8-17)18-9-13-20(25)14-10-18/h7-14,24-25H,2-6,15H2,1H3. The number of hydrogen-bond donors (Lipinski definition) is 2. The van der Waals surface area contributed by atoms with Crippen molar-refractivity contribution in [1.82, 2.24) is 0 Å². The van der Waals surface area contributed by atoms with Gasteiger partial charge in [-0.25, -0.2) is 0 Å². The van der Waals surface area contributed by atoms with E-state index < -0.39 is 5.41 Å². The Kier molecular flexibility index (Phi) is 7.25. The van der Waals surface area contributed by atoms with Crippen molar-refractivity contribution in [3.63, 3.8) is 0 Å². The van der Waals surface area contributed by atoms with Gasteiger partial charge in [-0.3, -0.25) is 4.79 Å². The van der Waals surface area contributed by atoms with Crippen LogP contribution in [-0.2, 0) is 14.9 Å². The van der Waals surface area contributed by atoms with E-state index in [2.05, 4.69) is 6.07 Å². The Morgan fingerprint density at radius 2 is 1.48 bits per heavy atom. The van der Waals surface area contributed by atoms with Gasteiger partial charge >= 0.3 is 5.97 Å². The number of phenolic OH excluding ortho intramolecular Hbond substituents is 2. The van der Waals surface area contributed by atoms with Gasteiger partial charge < -0.3 is 14.9 Å². The highest BCUT2D eigenvalue weighted by Gasteiger charge is 2.34. The molecule has 0 spiro atoms. The number of carbonyl (C=O) groups is 1. The topological polar surface area (TPSA) is 90.6 Å². The molecule has 0 fully saturated rings. The van der Waals surface area contributed by atoms with E-state index in [4.69, 9.17) is 4.74 Å². The zero-order valence-corrected chi connectivity index (χ0v) is 15.5. The van der Waals surface area contributed by atoms with Crippen molar-refractivity contribution < 1.29 is 19.7 Å². The summed E-state index contributed by atoms with van der Waals surface area (Å²) in [5.41, 5.74) is 0.698. The second kappa shape index (κ2) is 9.63. The number of hydrogen-bond acceptors (Lipinski definition) is 5. The Morgan fingerprint density at radius 1 is 0.963 bits per heavy atom. The molecule has 0 bridgehead atoms. The molecule has 0 aromatic heterocycles. The van der Waals surface area contributed by atoms with E-state index in [0.29, 0.717) is 25.9 Å². The third kappa shape index (κ3) is 5.24. The molecule has 2 rings (SSSR count). The minimum absolute atomic E-state index is 0.144. The van der Waals surface area contributed by atoms with Crippen molar-refractivity contribution in [3.05, 3.63) is 59.7 Å². The first-order valence-electron chi connectivity index (χ1n) is 9.17. The van der Waals surface area contributed by atoms with Gasteiger partial charge in [0.25, 0.3) is 0 Å². The first kappa shape index (κ1) is 20.3. The van der Waals surface area contributed by atoms with E-state index in [9.17, 15) is 20.3 Å². The summed E-state index contributed by atoms with van der Waals surface area (Å²) in [4.78, 5) is 11.4. The summed E-state index contributed by atoms with van der Waals surface area (Å²) in [7, 11) is 0. The van der Waals surface area contributed by atoms with Crippen molar-refractivity contribution in [3.8, 4) is 17.6 Å². The maximum Gasteiger partial charge on any atom is 0.305 e. The molecule has 0 amide bonds. The van der Waals surface area contributed by atoms with Crippen LogP contribution in [-0.4, -0.2) is 22.8 Å². The highest BCUT2D eigenvalue weighted by molar-refractivity contribution is 5.69. The lowest BCUT2D eigenvalue weighted by Gasteiger charge is -2.28. The average molecular weight is 367 g/mol. The lowest BCUT2D eigenvalue weighted by atomic mass is 9.72. The molecule has 0 heterocycles. The molecule has 27 heavy (non-hydrogen) atoms. The molecule has 5 heteroatoms. The van der Waals surface area contributed by atoms with E-state index in [0.717, 1.165) is 24.0 Å². The molecule has 0 saturated heterocycles. The minimum Gasteiger partial charge on any atom is -0.508 e. The quantitative estimate of drug-likeness (QED) is 0.506. The normalized spacial score (nSPS) is 11.0. The van der Waals surface area contributed by atoms with Gasteiger partial charge in [-0.15, -0.1) is 0 Å². The van der Waals surface area contributed by atoms with Crippen molar-refractivity contribution in [2.75, 3.05) is 6.61 Å². The van der Waals surface area contributed by atoms with E-state index >= 15 is 0 Å². The van der Waals surface area contributed by atoms with Crippen molar-refractivity contribution >= 4 is 5.97 Å². The Labute approximate surface area is 159 Å². The Morgan fingerprint density at radius 3 is 1.93 bits per heavy atom. The molecule has 0 aliphatic rings. The number of esters is 1. The van der Waals surface area contributed by atoms with E-state index in [-0.39, 0.29) is 17.5 Å². The van der Waals surface area contributed by atoms with E-state index in [1.807, 2.05) is 0 Å². The molecule has 0 radical (unpaired) electrons. The van der Waals surface area contributed by atoms with Crippen molar-refractivity contribution in [2.24, 2.45) is 0 Å². The number of carbonyl (C=O) groups excluding carboxylic acids is 1. The smallest absolute Gasteiger partial charge is 0.305 e. The van der Waals surface area contributed by atoms with Crippen molar-refractivity contribution in [2.45, 2.75) is 44.4 Å². The predicted octanol–water partition coefficient (Wildman–Crippen LogP) is 4.42. The zero-order valence-electron chi connectivity index (χ0n) is 15.5. The van der Waals surface area contributed by atoms with Crippen LogP contribution in [0.25, 0.3) is 0 Å². The highest BCUT2D eigenvalue weighted by atomic mass is 16.5. The summed E-state index contributed by atoms with van der Waals surface area (Å²) in [6.45, 7) is 2.17. The van der Waals surface area contributed by atoms with Gasteiger partial charge in [0.1, 0.15) is 16.9 Å². The van der Waals surface area contributed by atoms with Gasteiger partial charge in [0, 0.05) is 6.42 Å². The molecule has 0 atom stereocenters. The lowest BCUT2D eigenvalue weighted by Crippen LogP contribution is -2.25. The number of aromatic hydroxyl groups is 2. The first-order chi connectivity index (χ1) is 13.0. The van der Waals surface area contributed by atoms with Crippen LogP contribution in [0.15, 0.2) is 48.5 Å². The number of rotatable bonds is 9. The van der Waals surface area contributed by atoms with Crippen LogP contribution in [0.4, 0.5) is 0 Å². The fourth-order valence-corrected chi connectivity index (χ4v) is 3.20. The number of ether oxygens (including phenoxy) is 1. The Balaban J connectivity index is 2.17. The number of unbranched alkanes of at least 4 members (excludes halogenated alkanes) is 2. The van der Waals surface area contributed by atoms with Crippen LogP contribution in [0.3, 0.4) is 0 Å². The third-order valence-corrected chi connectivity index (χ3v) is 4.65. The molecule has 0 unspecified atom stereocenters. The molecule has 2 aromatic rings. The number of benzene rings is 2. The number of nitrogens with zero attached hydrogens (tertiary/aromatic N) is 1. The third-order valence-electron chi connectivity index (χ3n) is 4.65. The molecule has 0 aliphatic carbocycles. The van der Waals surface area contributed by atoms with Crippen LogP contribution in [0.5, 0.6) is 11.5 Å². The lowest BCUT2D eigenvalue weighted by molar-refractivity contribution is -0.143. The van der Waals surface area contributed by atoms with Gasteiger partial charge in [0.2, 0.25) is 0 Å². The van der Waals surface area contributed by atoms with Gasteiger partial charge in [0.05, 0.1) is 12.7 Å². The summed E-state index contributed by atoms with van der Waals surface area (Å²) < 4.78 is 4.93. The molecule has 142 valence electrons. The predicted molar refractivity (Wildman–Crippen MR) is 102 cm³/mol. The molecule has 2 aromatic carbocycles. The van der Waals surface area contributed by atoms with Crippen LogP contribution in [0, 0.1) is 11.3 Å². The fourth-order valence-electron chi connectivity index (χ4n) is 3.20. The summed E-state index contributed by atoms with van der Waals surface area (Å²) in [6, 6.07) is 15.8. The fraction of sp³-hybridized carbons (Fsp3) is 0.364. The number of nitriles is 1. The van der Waals surface area contributed by atoms with E-state index in [1.165, 1.54) is 0 Å². The van der Waals surface area contributed by atoms with Gasteiger partial charge in [-0.1, -0.05) is 37.1 Å². The summed E-state index contributed by atoms with van der Waals surface area (Å²) in [5.74, 6) is 0.0950. The van der Waals surface area contributed by atoms with Crippen LogP contribution in [0.1, 0.15) is 50.2 Å². The molecular weight excluding hydrogens is 342 g/mol. The molecular formula is C22H25NO4. The Bertz CT molecular complexity index is 730. The zero-order chi connectivity index (χ0) is 19.7. The van der Waals surface area contributed by atoms with Gasteiger partial charge in [-0.2, -0.15) is 5.26 Å². The Hall–Kier alpha value is -3.00. The average Bonchev–Trinajstić information content (AvgIpc) is 2.67. The van der Waals surface area contributed by atoms with E-state index in [1.54, 1.807) is 55.5 Å². The van der Waals surface area contributed by atoms with Gasteiger partial charge in [-0.05, 0) is 55.2 Å². The summed E-state index contributed by atoms with van der Waals surface area (Å²) in [6.07, 6.45) is 3.23. The maximum atomic E-state index is 11.4. The highest BCUT2D eigenvalue weighted by Crippen LogP contribution is 2.38. The molecule has 0 aliphatic heterocycles. The first-order valence-corrected chi connectivity index (χ1v) is 9.17. The van der Waals surface area contributed by atoms with Crippen LogP contribution >= 0.6 is 0 Å². The minimum atomic E-state index is -0.884. The monoisotopic (exact) mass is 367 g/mol. The van der Waals surface area contributed by atoms with Crippen LogP contribution < -0.4 is 0 Å². The maximum absolute atomic E-state index is 11.4. The van der Waals surface area contributed by atoms with Crippen LogP contribution in [0.2, 0.25) is 0 Å². The van der Waals surface area contributed by atoms with Gasteiger partial charge in [0.15, 0.2) is 0 Å². The number of phenols is 2. The molecule has 5 nitrogen and oxygen atoms in total. The second-order valence-corrected chi connectivity index (χ2v) is 6.48. The summed E-state index contributed by atoms with van der Waals surface area (Å²) >= 11 is 0. The SMILES string of the molecule is CCOC(=O)CCCCCC(C#N)(c1ccc(O)cc1)c1ccc(O)cc1. The largest absolute Gasteiger partial charge is 0.508 e. The molecule has 2 N–H and O–H groups in total. The van der Waals surface area contributed by atoms with Crippen molar-refractivity contribution in [1.29, 1.82) is 5.26 Å². The summed E-state index contributed by atoms with van der Waals surface area (Å²) in [5, 5.41) is 29.3. The molecule has 0 saturated carbocycles. The second-order valence-electron chi connectivity index (χ2n) is 6.48.